The second kappa shape index (κ2) is 10.9. The molecular formula is C19H33F3O5SSi2. The van der Waals surface area contributed by atoms with E-state index in [1.807, 2.05) is 6.92 Å². The average Bonchev–Trinajstić information content (AvgIpc) is 3.02. The average molecular weight is 487 g/mol. The number of rotatable bonds is 4. The van der Waals surface area contributed by atoms with Crippen LogP contribution in [0, 0.1) is 0 Å². The number of ketones is 1. The maximum Gasteiger partial charge on any atom is 0.522 e. The Morgan fingerprint density at radius 1 is 0.900 bits per heavy atom. The van der Waals surface area contributed by atoms with Crippen molar-refractivity contribution in [1.29, 1.82) is 0 Å². The molecule has 0 aromatic heterocycles. The Hall–Kier alpha value is -1.18. The lowest BCUT2D eigenvalue weighted by atomic mass is 10.3. The van der Waals surface area contributed by atoms with Crippen molar-refractivity contribution in [3.8, 4) is 0 Å². The molecule has 0 saturated heterocycles. The quantitative estimate of drug-likeness (QED) is 0.357. The lowest BCUT2D eigenvalue weighted by molar-refractivity contribution is -0.114. The minimum atomic E-state index is -5.39. The maximum absolute atomic E-state index is 11.7. The van der Waals surface area contributed by atoms with Crippen LogP contribution >= 0.6 is 0 Å². The summed E-state index contributed by atoms with van der Waals surface area (Å²) in [7, 11) is -9.47. The third-order valence-corrected chi connectivity index (χ3v) is 7.55. The van der Waals surface area contributed by atoms with Crippen LogP contribution in [0.15, 0.2) is 35.1 Å². The zero-order valence-electron chi connectivity index (χ0n) is 18.9. The fourth-order valence-electron chi connectivity index (χ4n) is 2.16. The standard InChI is InChI=1S/C9H16OSi.C6H8O.C4H9F3O3SSi/c1-8-5-6-9(7-8)10-11(2,3)4;1-5-2-3-6(7)4-5;1-12(2,3)10-11(8,9)4(5,6)7/h6-7H,5H2,1-4H3;4H,2-3H2,1H3;1-3H3. The third-order valence-electron chi connectivity index (χ3n) is 3.25. The van der Waals surface area contributed by atoms with Crippen LogP contribution < -0.4 is 0 Å². The summed E-state index contributed by atoms with van der Waals surface area (Å²) >= 11 is 0. The zero-order valence-corrected chi connectivity index (χ0v) is 21.8. The van der Waals surface area contributed by atoms with Gasteiger partial charge in [0.05, 0.1) is 5.76 Å². The zero-order chi connectivity index (χ0) is 24.0. The molecule has 0 unspecified atom stereocenters. The molecule has 0 saturated carbocycles. The van der Waals surface area contributed by atoms with E-state index in [1.165, 1.54) is 30.8 Å². The Kier molecular flexibility index (Phi) is 10.5. The van der Waals surface area contributed by atoms with Gasteiger partial charge in [-0.3, -0.25) is 4.79 Å². The summed E-state index contributed by atoms with van der Waals surface area (Å²) in [5.74, 6) is 1.37. The van der Waals surface area contributed by atoms with Crippen molar-refractivity contribution in [2.24, 2.45) is 0 Å². The third kappa shape index (κ3) is 13.2. The summed E-state index contributed by atoms with van der Waals surface area (Å²) in [6.45, 7) is 14.8. The van der Waals surface area contributed by atoms with Gasteiger partial charge in [-0.05, 0) is 84.2 Å². The van der Waals surface area contributed by atoms with Gasteiger partial charge in [0.25, 0.3) is 0 Å². The largest absolute Gasteiger partial charge is 0.545 e. The summed E-state index contributed by atoms with van der Waals surface area (Å²) in [6.07, 6.45) is 8.82. The molecule has 11 heteroatoms. The van der Waals surface area contributed by atoms with E-state index in [9.17, 15) is 26.4 Å². The van der Waals surface area contributed by atoms with E-state index >= 15 is 0 Å². The first-order valence-corrected chi connectivity index (χ1v) is 17.7. The van der Waals surface area contributed by atoms with Crippen LogP contribution in [0.5, 0.6) is 0 Å². The van der Waals surface area contributed by atoms with E-state index in [-0.39, 0.29) is 5.78 Å². The Balaban J connectivity index is 0.000000433. The minimum Gasteiger partial charge on any atom is -0.545 e. The van der Waals surface area contributed by atoms with Gasteiger partial charge in [-0.1, -0.05) is 11.1 Å². The molecule has 2 aliphatic rings. The van der Waals surface area contributed by atoms with Gasteiger partial charge in [-0.2, -0.15) is 21.6 Å². The van der Waals surface area contributed by atoms with Crippen molar-refractivity contribution in [3.05, 3.63) is 35.1 Å². The summed E-state index contributed by atoms with van der Waals surface area (Å²) < 4.78 is 65.5. The molecule has 0 fully saturated rings. The van der Waals surface area contributed by atoms with E-state index in [1.54, 1.807) is 6.08 Å². The van der Waals surface area contributed by atoms with Crippen LogP contribution in [0.4, 0.5) is 13.2 Å². The number of alkyl halides is 3. The normalized spacial score (nSPS) is 17.2. The molecule has 0 aromatic rings. The van der Waals surface area contributed by atoms with E-state index < -0.39 is 32.3 Å². The first kappa shape index (κ1) is 28.8. The van der Waals surface area contributed by atoms with Crippen molar-refractivity contribution in [1.82, 2.24) is 0 Å². The monoisotopic (exact) mass is 486 g/mol. The molecule has 30 heavy (non-hydrogen) atoms. The Bertz CT molecular complexity index is 799. The molecule has 0 aliphatic heterocycles. The van der Waals surface area contributed by atoms with E-state index in [2.05, 4.69) is 42.6 Å². The van der Waals surface area contributed by atoms with Crippen LogP contribution in [0.25, 0.3) is 0 Å². The van der Waals surface area contributed by atoms with Gasteiger partial charge >= 0.3 is 15.6 Å². The van der Waals surface area contributed by atoms with Crippen molar-refractivity contribution >= 4 is 32.5 Å². The Labute approximate surface area is 180 Å². The van der Waals surface area contributed by atoms with Crippen molar-refractivity contribution in [2.75, 3.05) is 0 Å². The summed E-state index contributed by atoms with van der Waals surface area (Å²) in [5.41, 5.74) is -2.68. The molecule has 0 N–H and O–H groups in total. The van der Waals surface area contributed by atoms with Gasteiger partial charge in [0.2, 0.25) is 16.6 Å². The van der Waals surface area contributed by atoms with Crippen LogP contribution in [-0.4, -0.2) is 36.3 Å². The van der Waals surface area contributed by atoms with Gasteiger partial charge in [0.1, 0.15) is 0 Å². The van der Waals surface area contributed by atoms with Crippen molar-refractivity contribution in [2.45, 2.75) is 77.9 Å². The summed E-state index contributed by atoms with van der Waals surface area (Å²) in [6, 6.07) is 0. The molecule has 0 radical (unpaired) electrons. The van der Waals surface area contributed by atoms with Crippen molar-refractivity contribution in [3.63, 3.8) is 0 Å². The molecule has 2 rings (SSSR count). The molecule has 0 heterocycles. The highest BCUT2D eigenvalue weighted by Gasteiger charge is 2.49. The van der Waals surface area contributed by atoms with E-state index in [0.717, 1.165) is 25.0 Å². The molecule has 0 atom stereocenters. The topological polar surface area (TPSA) is 69.7 Å². The lowest BCUT2D eigenvalue weighted by Gasteiger charge is -2.18. The first-order chi connectivity index (χ1) is 13.2. The molecule has 2 aliphatic carbocycles. The number of hydrogen-bond acceptors (Lipinski definition) is 5. The Morgan fingerprint density at radius 3 is 1.63 bits per heavy atom. The molecule has 174 valence electrons. The number of carbonyl (C=O) groups excluding carboxylic acids is 1. The predicted molar refractivity (Wildman–Crippen MR) is 118 cm³/mol. The van der Waals surface area contributed by atoms with Gasteiger partial charge in [0, 0.05) is 6.42 Å². The second-order valence-corrected chi connectivity index (χ2v) is 19.8. The molecule has 0 aromatic carbocycles. The number of hydrogen-bond donors (Lipinski definition) is 0. The maximum atomic E-state index is 11.7. The molecule has 0 spiro atoms. The lowest BCUT2D eigenvalue weighted by Crippen LogP contribution is -2.36. The fourth-order valence-corrected chi connectivity index (χ4v) is 6.02. The molecule has 0 bridgehead atoms. The van der Waals surface area contributed by atoms with Crippen LogP contribution in [-0.2, 0) is 23.2 Å². The van der Waals surface area contributed by atoms with E-state index in [4.69, 9.17) is 4.43 Å². The smallest absolute Gasteiger partial charge is 0.522 e. The summed E-state index contributed by atoms with van der Waals surface area (Å²) in [5, 5.41) is 0. The van der Waals surface area contributed by atoms with Gasteiger partial charge < -0.3 is 8.30 Å². The first-order valence-electron chi connectivity index (χ1n) is 9.50. The van der Waals surface area contributed by atoms with Gasteiger partial charge in [0.15, 0.2) is 5.78 Å². The molecule has 5 nitrogen and oxygen atoms in total. The second-order valence-electron chi connectivity index (χ2n) is 9.07. The molecule has 0 amide bonds. The predicted octanol–water partition coefficient (Wildman–Crippen LogP) is 6.05. The van der Waals surface area contributed by atoms with E-state index in [0.29, 0.717) is 0 Å². The number of allylic oxidation sites excluding steroid dienone is 5. The summed E-state index contributed by atoms with van der Waals surface area (Å²) in [4.78, 5) is 10.4. The minimum absolute atomic E-state index is 0.289. The number of halogens is 3. The van der Waals surface area contributed by atoms with Crippen LogP contribution in [0.3, 0.4) is 0 Å². The van der Waals surface area contributed by atoms with Crippen molar-refractivity contribution < 1.29 is 34.7 Å². The number of carbonyl (C=O) groups is 1. The van der Waals surface area contributed by atoms with Crippen LogP contribution in [0.1, 0.15) is 33.1 Å². The van der Waals surface area contributed by atoms with Gasteiger partial charge in [-0.25, -0.2) is 0 Å². The van der Waals surface area contributed by atoms with Crippen LogP contribution in [0.2, 0.25) is 39.3 Å². The Morgan fingerprint density at radius 2 is 1.43 bits per heavy atom. The fraction of sp³-hybridized carbons (Fsp3) is 0.632. The SMILES string of the molecule is CC1=CC(=O)CC1.CC1=CC(O[Si](C)(C)C)=CC1.C[Si](C)(C)OS(=O)(=O)C(F)(F)F. The highest BCUT2D eigenvalue weighted by atomic mass is 32.2. The highest BCUT2D eigenvalue weighted by Crippen LogP contribution is 2.27. The molecular weight excluding hydrogens is 453 g/mol. The van der Waals surface area contributed by atoms with Gasteiger partial charge in [-0.15, -0.1) is 0 Å². The highest BCUT2D eigenvalue weighted by molar-refractivity contribution is 7.88.